The summed E-state index contributed by atoms with van der Waals surface area (Å²) in [5.41, 5.74) is 1.47. The molecule has 0 unspecified atom stereocenters. The van der Waals surface area contributed by atoms with Crippen molar-refractivity contribution < 1.29 is 9.90 Å². The van der Waals surface area contributed by atoms with Crippen molar-refractivity contribution in [3.05, 3.63) is 47.0 Å². The Labute approximate surface area is 116 Å². The number of carboxylic acid groups (broad SMARTS) is 1. The van der Waals surface area contributed by atoms with Crippen molar-refractivity contribution in [3.63, 3.8) is 0 Å². The molecule has 1 heterocycles. The summed E-state index contributed by atoms with van der Waals surface area (Å²) in [6.07, 6.45) is 2.69. The van der Waals surface area contributed by atoms with Gasteiger partial charge in [-0.3, -0.25) is 0 Å². The molecule has 0 aliphatic heterocycles. The van der Waals surface area contributed by atoms with Gasteiger partial charge in [0.15, 0.2) is 5.13 Å². The summed E-state index contributed by atoms with van der Waals surface area (Å²) < 4.78 is 0. The number of hydrogen-bond acceptors (Lipinski definition) is 4. The molecule has 0 bridgehead atoms. The first-order valence-corrected chi connectivity index (χ1v) is 7.05. The maximum absolute atomic E-state index is 10.8. The number of likely N-dealkylation sites (N-methyl/N-ethyl adjacent to an activating group) is 1. The molecule has 5 heteroatoms. The molecular weight excluding hydrogens is 260 g/mol. The van der Waals surface area contributed by atoms with E-state index >= 15 is 0 Å². The van der Waals surface area contributed by atoms with Crippen molar-refractivity contribution in [2.24, 2.45) is 0 Å². The molecule has 1 N–H and O–H groups in total. The van der Waals surface area contributed by atoms with E-state index in [1.54, 1.807) is 23.5 Å². The lowest BCUT2D eigenvalue weighted by molar-refractivity contribution is 0.0697. The van der Waals surface area contributed by atoms with E-state index in [4.69, 9.17) is 5.11 Å². The minimum atomic E-state index is -0.885. The highest BCUT2D eigenvalue weighted by molar-refractivity contribution is 7.13. The monoisotopic (exact) mass is 276 g/mol. The fourth-order valence-corrected chi connectivity index (χ4v) is 2.57. The van der Waals surface area contributed by atoms with Crippen LogP contribution in [0.25, 0.3) is 0 Å². The Morgan fingerprint density at radius 1 is 1.37 bits per heavy atom. The maximum atomic E-state index is 10.8. The number of aromatic carboxylic acids is 1. The van der Waals surface area contributed by atoms with Crippen LogP contribution in [0.1, 0.15) is 22.8 Å². The molecule has 0 aliphatic rings. The van der Waals surface area contributed by atoms with Crippen molar-refractivity contribution in [1.82, 2.24) is 4.98 Å². The van der Waals surface area contributed by atoms with Gasteiger partial charge in [-0.15, -0.1) is 11.3 Å². The van der Waals surface area contributed by atoms with Crippen molar-refractivity contribution in [2.45, 2.75) is 13.3 Å². The molecule has 0 spiro atoms. The number of thiazole rings is 1. The van der Waals surface area contributed by atoms with Crippen LogP contribution < -0.4 is 4.90 Å². The van der Waals surface area contributed by atoms with Crippen molar-refractivity contribution in [3.8, 4) is 0 Å². The van der Waals surface area contributed by atoms with Gasteiger partial charge in [0.2, 0.25) is 0 Å². The van der Waals surface area contributed by atoms with E-state index in [9.17, 15) is 4.79 Å². The molecule has 0 aliphatic carbocycles. The Kier molecular flexibility index (Phi) is 4.52. The normalized spacial score (nSPS) is 10.4. The molecule has 0 atom stereocenters. The zero-order valence-electron chi connectivity index (χ0n) is 10.7. The average molecular weight is 276 g/mol. The lowest BCUT2D eigenvalue weighted by Crippen LogP contribution is -2.25. The summed E-state index contributed by atoms with van der Waals surface area (Å²) in [7, 11) is 0. The lowest BCUT2D eigenvalue weighted by atomic mass is 10.1. The fraction of sp³-hybridized carbons (Fsp3) is 0.286. The van der Waals surface area contributed by atoms with Gasteiger partial charge in [0.1, 0.15) is 0 Å². The number of carboxylic acids is 1. The number of anilines is 1. The van der Waals surface area contributed by atoms with Crippen LogP contribution in [0.3, 0.4) is 0 Å². The van der Waals surface area contributed by atoms with Gasteiger partial charge in [-0.05, 0) is 31.0 Å². The Balaban J connectivity index is 1.96. The summed E-state index contributed by atoms with van der Waals surface area (Å²) in [6.45, 7) is 3.91. The van der Waals surface area contributed by atoms with Crippen LogP contribution in [0.5, 0.6) is 0 Å². The second-order valence-electron chi connectivity index (χ2n) is 4.15. The van der Waals surface area contributed by atoms with Crippen molar-refractivity contribution in [1.29, 1.82) is 0 Å². The van der Waals surface area contributed by atoms with E-state index in [0.717, 1.165) is 30.2 Å². The topological polar surface area (TPSA) is 53.4 Å². The van der Waals surface area contributed by atoms with Gasteiger partial charge in [0.25, 0.3) is 0 Å². The average Bonchev–Trinajstić information content (AvgIpc) is 2.94. The zero-order chi connectivity index (χ0) is 13.7. The maximum Gasteiger partial charge on any atom is 0.335 e. The number of hydrogen-bond donors (Lipinski definition) is 1. The Morgan fingerprint density at radius 2 is 2.11 bits per heavy atom. The zero-order valence-corrected chi connectivity index (χ0v) is 11.6. The Morgan fingerprint density at radius 3 is 2.63 bits per heavy atom. The molecule has 4 nitrogen and oxygen atoms in total. The van der Waals surface area contributed by atoms with Crippen LogP contribution in [-0.2, 0) is 6.42 Å². The van der Waals surface area contributed by atoms with Crippen molar-refractivity contribution in [2.75, 3.05) is 18.0 Å². The smallest absolute Gasteiger partial charge is 0.335 e. The third-order valence-electron chi connectivity index (χ3n) is 2.94. The SMILES string of the molecule is CCN(CCc1ccc(C(=O)O)cc1)c1nccs1. The summed E-state index contributed by atoms with van der Waals surface area (Å²) in [6, 6.07) is 7.05. The van der Waals surface area contributed by atoms with E-state index in [1.165, 1.54) is 0 Å². The molecular formula is C14H16N2O2S. The standard InChI is InChI=1S/C14H16N2O2S/c1-2-16(14-15-8-10-19-14)9-7-11-3-5-12(6-4-11)13(17)18/h3-6,8,10H,2,7,9H2,1H3,(H,17,18). The van der Waals surface area contributed by atoms with Gasteiger partial charge in [-0.1, -0.05) is 12.1 Å². The van der Waals surface area contributed by atoms with Crippen LogP contribution in [0.15, 0.2) is 35.8 Å². The first kappa shape index (κ1) is 13.5. The molecule has 0 saturated carbocycles. The predicted molar refractivity (Wildman–Crippen MR) is 77.1 cm³/mol. The molecule has 19 heavy (non-hydrogen) atoms. The van der Waals surface area contributed by atoms with Crippen LogP contribution in [-0.4, -0.2) is 29.1 Å². The van der Waals surface area contributed by atoms with Crippen LogP contribution in [0, 0.1) is 0 Å². The summed E-state index contributed by atoms with van der Waals surface area (Å²) in [5, 5.41) is 11.8. The minimum absolute atomic E-state index is 0.330. The first-order chi connectivity index (χ1) is 9.20. The van der Waals surface area contributed by atoms with Gasteiger partial charge in [0, 0.05) is 24.7 Å². The molecule has 1 aromatic heterocycles. The predicted octanol–water partition coefficient (Wildman–Crippen LogP) is 2.91. The van der Waals surface area contributed by atoms with E-state index in [1.807, 2.05) is 23.7 Å². The quantitative estimate of drug-likeness (QED) is 0.881. The van der Waals surface area contributed by atoms with Gasteiger partial charge in [-0.2, -0.15) is 0 Å². The van der Waals surface area contributed by atoms with Crippen LogP contribution in [0.4, 0.5) is 5.13 Å². The Hall–Kier alpha value is -1.88. The number of nitrogens with zero attached hydrogens (tertiary/aromatic N) is 2. The van der Waals surface area contributed by atoms with Gasteiger partial charge in [0.05, 0.1) is 5.56 Å². The van der Waals surface area contributed by atoms with E-state index < -0.39 is 5.97 Å². The lowest BCUT2D eigenvalue weighted by Gasteiger charge is -2.19. The largest absolute Gasteiger partial charge is 0.478 e. The molecule has 0 saturated heterocycles. The van der Waals surface area contributed by atoms with Gasteiger partial charge in [-0.25, -0.2) is 9.78 Å². The first-order valence-electron chi connectivity index (χ1n) is 6.17. The summed E-state index contributed by atoms with van der Waals surface area (Å²) >= 11 is 1.63. The summed E-state index contributed by atoms with van der Waals surface area (Å²) in [4.78, 5) is 17.3. The highest BCUT2D eigenvalue weighted by atomic mass is 32.1. The molecule has 100 valence electrons. The molecule has 0 fully saturated rings. The van der Waals surface area contributed by atoms with Gasteiger partial charge >= 0.3 is 5.97 Å². The molecule has 2 aromatic rings. The van der Waals surface area contributed by atoms with E-state index in [2.05, 4.69) is 16.8 Å². The van der Waals surface area contributed by atoms with E-state index in [-0.39, 0.29) is 0 Å². The summed E-state index contributed by atoms with van der Waals surface area (Å²) in [5.74, 6) is -0.885. The second-order valence-corrected chi connectivity index (χ2v) is 5.02. The molecule has 0 amide bonds. The fourth-order valence-electron chi connectivity index (χ4n) is 1.84. The third-order valence-corrected chi connectivity index (χ3v) is 3.78. The molecule has 1 aromatic carbocycles. The number of aromatic nitrogens is 1. The molecule has 0 radical (unpaired) electrons. The number of benzene rings is 1. The van der Waals surface area contributed by atoms with Crippen LogP contribution >= 0.6 is 11.3 Å². The number of rotatable bonds is 6. The Bertz CT molecular complexity index is 523. The minimum Gasteiger partial charge on any atom is -0.478 e. The highest BCUT2D eigenvalue weighted by Gasteiger charge is 2.07. The van der Waals surface area contributed by atoms with Crippen molar-refractivity contribution >= 4 is 22.4 Å². The highest BCUT2D eigenvalue weighted by Crippen LogP contribution is 2.17. The van der Waals surface area contributed by atoms with Gasteiger partial charge < -0.3 is 10.0 Å². The third kappa shape index (κ3) is 3.54. The number of carbonyl (C=O) groups is 1. The van der Waals surface area contributed by atoms with Crippen LogP contribution in [0.2, 0.25) is 0 Å². The van der Waals surface area contributed by atoms with E-state index in [0.29, 0.717) is 5.56 Å². The molecule has 2 rings (SSSR count). The second kappa shape index (κ2) is 6.33.